The van der Waals surface area contributed by atoms with Crippen LogP contribution in [0, 0.1) is 0 Å². The van der Waals surface area contributed by atoms with E-state index in [1.807, 2.05) is 0 Å². The van der Waals surface area contributed by atoms with Gasteiger partial charge in [0.15, 0.2) is 0 Å². The standard InChI is InChI=1S/C43H32N2/c1-43(2)36-19-11-12-20-39(36)45(33-16-7-4-8-17-33)41-28-31(21-24-37(41)43)30-23-25-38-35(27-30)42-34-18-10-9-13-29(34)22-26-40(42)44(38)32-14-5-3-6-15-32/h3-28H,1-2H3. The minimum atomic E-state index is -0.123. The average Bonchev–Trinajstić information content (AvgIpc) is 3.43. The predicted molar refractivity (Wildman–Crippen MR) is 191 cm³/mol. The van der Waals surface area contributed by atoms with Gasteiger partial charge >= 0.3 is 0 Å². The molecule has 45 heavy (non-hydrogen) atoms. The molecule has 0 saturated carbocycles. The van der Waals surface area contributed by atoms with E-state index in [4.69, 9.17) is 0 Å². The molecule has 2 heterocycles. The first-order chi connectivity index (χ1) is 22.1. The Balaban J connectivity index is 1.30. The number of hydrogen-bond acceptors (Lipinski definition) is 1. The second-order valence-corrected chi connectivity index (χ2v) is 12.6. The Hall–Kier alpha value is -5.60. The van der Waals surface area contributed by atoms with Crippen molar-refractivity contribution in [3.63, 3.8) is 0 Å². The van der Waals surface area contributed by atoms with Crippen LogP contribution in [0.15, 0.2) is 158 Å². The molecule has 0 N–H and O–H groups in total. The van der Waals surface area contributed by atoms with Crippen molar-refractivity contribution in [2.24, 2.45) is 0 Å². The SMILES string of the molecule is CC1(C)c2ccccc2N(c2ccccc2)c2cc(-c3ccc4c(c3)c3c5ccccc5ccc3n4-c3ccccc3)ccc21. The highest BCUT2D eigenvalue weighted by atomic mass is 15.2. The molecule has 0 saturated heterocycles. The third-order valence-electron chi connectivity index (χ3n) is 9.75. The number of para-hydroxylation sites is 3. The summed E-state index contributed by atoms with van der Waals surface area (Å²) >= 11 is 0. The summed E-state index contributed by atoms with van der Waals surface area (Å²) < 4.78 is 2.41. The highest BCUT2D eigenvalue weighted by Crippen LogP contribution is 2.52. The Morgan fingerprint density at radius 2 is 1.07 bits per heavy atom. The number of nitrogens with zero attached hydrogens (tertiary/aromatic N) is 2. The third kappa shape index (κ3) is 3.82. The van der Waals surface area contributed by atoms with E-state index in [0.717, 1.165) is 0 Å². The van der Waals surface area contributed by atoms with Crippen LogP contribution in [0.3, 0.4) is 0 Å². The number of anilines is 3. The molecule has 2 nitrogen and oxygen atoms in total. The Morgan fingerprint density at radius 3 is 1.89 bits per heavy atom. The zero-order chi connectivity index (χ0) is 30.1. The summed E-state index contributed by atoms with van der Waals surface area (Å²) in [6.07, 6.45) is 0. The normalized spacial score (nSPS) is 13.7. The number of benzene rings is 7. The van der Waals surface area contributed by atoms with Crippen molar-refractivity contribution in [2.45, 2.75) is 19.3 Å². The van der Waals surface area contributed by atoms with Crippen molar-refractivity contribution in [3.05, 3.63) is 169 Å². The Morgan fingerprint density at radius 1 is 0.444 bits per heavy atom. The molecule has 1 aliphatic heterocycles. The fourth-order valence-corrected chi connectivity index (χ4v) is 7.58. The predicted octanol–water partition coefficient (Wildman–Crippen LogP) is 11.7. The third-order valence-corrected chi connectivity index (χ3v) is 9.75. The first-order valence-corrected chi connectivity index (χ1v) is 15.7. The second-order valence-electron chi connectivity index (χ2n) is 12.6. The summed E-state index contributed by atoms with van der Waals surface area (Å²) in [5.74, 6) is 0. The van der Waals surface area contributed by atoms with Crippen LogP contribution >= 0.6 is 0 Å². The van der Waals surface area contributed by atoms with Gasteiger partial charge in [-0.25, -0.2) is 0 Å². The maximum atomic E-state index is 2.44. The summed E-state index contributed by atoms with van der Waals surface area (Å²) in [4.78, 5) is 2.44. The van der Waals surface area contributed by atoms with E-state index in [1.165, 1.54) is 77.6 Å². The minimum Gasteiger partial charge on any atom is -0.310 e. The van der Waals surface area contributed by atoms with Crippen LogP contribution in [0.25, 0.3) is 49.4 Å². The lowest BCUT2D eigenvalue weighted by Crippen LogP contribution is -2.30. The molecule has 8 aromatic rings. The summed E-state index contributed by atoms with van der Waals surface area (Å²) in [6.45, 7) is 4.70. The van der Waals surface area contributed by atoms with Gasteiger partial charge in [-0.2, -0.15) is 0 Å². The molecular formula is C43H32N2. The highest BCUT2D eigenvalue weighted by Gasteiger charge is 2.36. The van der Waals surface area contributed by atoms with Crippen molar-refractivity contribution in [1.82, 2.24) is 4.57 Å². The summed E-state index contributed by atoms with van der Waals surface area (Å²) in [5.41, 5.74) is 12.3. The van der Waals surface area contributed by atoms with E-state index in [9.17, 15) is 0 Å². The van der Waals surface area contributed by atoms with E-state index in [2.05, 4.69) is 181 Å². The van der Waals surface area contributed by atoms with Crippen LogP contribution in [0.4, 0.5) is 17.1 Å². The van der Waals surface area contributed by atoms with Gasteiger partial charge in [0.05, 0.1) is 22.4 Å². The van der Waals surface area contributed by atoms with Crippen molar-refractivity contribution in [1.29, 1.82) is 0 Å². The Labute approximate surface area is 263 Å². The van der Waals surface area contributed by atoms with Gasteiger partial charge in [0.1, 0.15) is 0 Å². The van der Waals surface area contributed by atoms with Crippen LogP contribution in [0.5, 0.6) is 0 Å². The highest BCUT2D eigenvalue weighted by molar-refractivity contribution is 6.21. The molecule has 1 aromatic heterocycles. The number of rotatable bonds is 3. The average molecular weight is 577 g/mol. The molecule has 0 bridgehead atoms. The zero-order valence-corrected chi connectivity index (χ0v) is 25.4. The lowest BCUT2D eigenvalue weighted by Gasteiger charge is -2.42. The van der Waals surface area contributed by atoms with E-state index >= 15 is 0 Å². The van der Waals surface area contributed by atoms with Crippen molar-refractivity contribution >= 4 is 49.6 Å². The molecule has 7 aromatic carbocycles. The lowest BCUT2D eigenvalue weighted by atomic mass is 9.73. The molecule has 0 unspecified atom stereocenters. The van der Waals surface area contributed by atoms with Gasteiger partial charge in [0.25, 0.3) is 0 Å². The maximum Gasteiger partial charge on any atom is 0.0547 e. The molecule has 2 heteroatoms. The summed E-state index contributed by atoms with van der Waals surface area (Å²) in [5, 5.41) is 5.11. The molecule has 214 valence electrons. The number of aromatic nitrogens is 1. The zero-order valence-electron chi connectivity index (χ0n) is 25.4. The molecule has 0 amide bonds. The Bertz CT molecular complexity index is 2400. The van der Waals surface area contributed by atoms with Crippen LogP contribution in [0.1, 0.15) is 25.0 Å². The molecule has 0 radical (unpaired) electrons. The minimum absolute atomic E-state index is 0.123. The first kappa shape index (κ1) is 25.9. The van der Waals surface area contributed by atoms with E-state index in [0.29, 0.717) is 0 Å². The van der Waals surface area contributed by atoms with Crippen molar-refractivity contribution in [2.75, 3.05) is 4.90 Å². The van der Waals surface area contributed by atoms with Crippen molar-refractivity contribution < 1.29 is 0 Å². The lowest BCUT2D eigenvalue weighted by molar-refractivity contribution is 0.632. The van der Waals surface area contributed by atoms with Crippen LogP contribution in [-0.4, -0.2) is 4.57 Å². The molecular weight excluding hydrogens is 544 g/mol. The topological polar surface area (TPSA) is 8.17 Å². The van der Waals surface area contributed by atoms with E-state index in [-0.39, 0.29) is 5.41 Å². The fraction of sp³-hybridized carbons (Fsp3) is 0.0698. The largest absolute Gasteiger partial charge is 0.310 e. The molecule has 0 fully saturated rings. The van der Waals surface area contributed by atoms with Gasteiger partial charge in [-0.05, 0) is 87.6 Å². The maximum absolute atomic E-state index is 2.44. The van der Waals surface area contributed by atoms with Gasteiger partial charge in [0.2, 0.25) is 0 Å². The fourth-order valence-electron chi connectivity index (χ4n) is 7.58. The molecule has 1 aliphatic rings. The van der Waals surface area contributed by atoms with Gasteiger partial charge in [0, 0.05) is 27.6 Å². The number of fused-ring (bicyclic) bond motifs is 7. The van der Waals surface area contributed by atoms with Gasteiger partial charge in [-0.3, -0.25) is 0 Å². The van der Waals surface area contributed by atoms with Crippen LogP contribution in [0.2, 0.25) is 0 Å². The van der Waals surface area contributed by atoms with Gasteiger partial charge in [-0.1, -0.05) is 117 Å². The van der Waals surface area contributed by atoms with Gasteiger partial charge in [-0.15, -0.1) is 0 Å². The quantitative estimate of drug-likeness (QED) is 0.203. The van der Waals surface area contributed by atoms with E-state index in [1.54, 1.807) is 0 Å². The second kappa shape index (κ2) is 9.70. The molecule has 0 aliphatic carbocycles. The monoisotopic (exact) mass is 576 g/mol. The Kier molecular flexibility index (Phi) is 5.58. The van der Waals surface area contributed by atoms with Gasteiger partial charge < -0.3 is 9.47 Å². The van der Waals surface area contributed by atoms with Crippen LogP contribution < -0.4 is 4.90 Å². The molecule has 9 rings (SSSR count). The van der Waals surface area contributed by atoms with Crippen molar-refractivity contribution in [3.8, 4) is 16.8 Å². The number of hydrogen-bond donors (Lipinski definition) is 0. The van der Waals surface area contributed by atoms with Crippen LogP contribution in [-0.2, 0) is 5.41 Å². The molecule has 0 spiro atoms. The van der Waals surface area contributed by atoms with E-state index < -0.39 is 0 Å². The summed E-state index contributed by atoms with van der Waals surface area (Å²) in [6, 6.07) is 57.7. The summed E-state index contributed by atoms with van der Waals surface area (Å²) in [7, 11) is 0. The molecule has 0 atom stereocenters. The first-order valence-electron chi connectivity index (χ1n) is 15.7. The smallest absolute Gasteiger partial charge is 0.0547 e.